The molecule has 0 aliphatic heterocycles. The number of nitrogens with two attached hydrogens (primary N) is 1. The van der Waals surface area contributed by atoms with E-state index in [2.05, 4.69) is 15.4 Å². The Balaban J connectivity index is 1.89. The summed E-state index contributed by atoms with van der Waals surface area (Å²) in [6.45, 7) is 0. The lowest BCUT2D eigenvalue weighted by atomic mass is 10.3. The molecular weight excluding hydrogens is 247 g/mol. The second-order valence-electron chi connectivity index (χ2n) is 4.43. The molecule has 1 aliphatic carbocycles. The lowest BCUT2D eigenvalue weighted by Crippen LogP contribution is -2.10. The Kier molecular flexibility index (Phi) is 3.00. The molecule has 1 aliphatic rings. The van der Waals surface area contributed by atoms with Gasteiger partial charge in [0.05, 0.1) is 0 Å². The molecule has 3 rings (SSSR count). The van der Waals surface area contributed by atoms with Gasteiger partial charge in [0, 0.05) is 18.1 Å². The van der Waals surface area contributed by atoms with Crippen molar-refractivity contribution < 1.29 is 9.13 Å². The molecule has 1 aromatic heterocycles. The third kappa shape index (κ3) is 2.79. The lowest BCUT2D eigenvalue weighted by molar-refractivity contribution is 0.454. The van der Waals surface area contributed by atoms with Crippen molar-refractivity contribution in [2.75, 3.05) is 5.43 Å². The van der Waals surface area contributed by atoms with E-state index in [-0.39, 0.29) is 5.82 Å². The van der Waals surface area contributed by atoms with Gasteiger partial charge < -0.3 is 10.2 Å². The quantitative estimate of drug-likeness (QED) is 0.653. The van der Waals surface area contributed by atoms with Gasteiger partial charge in [-0.3, -0.25) is 0 Å². The maximum Gasteiger partial charge on any atom is 0.224 e. The van der Waals surface area contributed by atoms with Crippen LogP contribution >= 0.6 is 0 Å². The molecule has 0 spiro atoms. The number of nitrogens with one attached hydrogen (secondary N) is 1. The van der Waals surface area contributed by atoms with Gasteiger partial charge in [-0.25, -0.2) is 15.2 Å². The molecule has 5 nitrogen and oxygen atoms in total. The van der Waals surface area contributed by atoms with Crippen molar-refractivity contribution in [3.8, 4) is 11.6 Å². The Morgan fingerprint density at radius 2 is 2.11 bits per heavy atom. The summed E-state index contributed by atoms with van der Waals surface area (Å²) in [4.78, 5) is 8.59. The van der Waals surface area contributed by atoms with Crippen molar-refractivity contribution in [3.05, 3.63) is 42.0 Å². The zero-order valence-corrected chi connectivity index (χ0v) is 10.1. The van der Waals surface area contributed by atoms with Crippen molar-refractivity contribution >= 4 is 5.82 Å². The molecule has 0 atom stereocenters. The van der Waals surface area contributed by atoms with Crippen LogP contribution in [0.3, 0.4) is 0 Å². The fourth-order valence-corrected chi connectivity index (χ4v) is 1.74. The molecule has 0 unspecified atom stereocenters. The van der Waals surface area contributed by atoms with Crippen LogP contribution in [0.1, 0.15) is 24.6 Å². The normalized spacial score (nSPS) is 14.2. The van der Waals surface area contributed by atoms with Crippen LogP contribution in [0.5, 0.6) is 11.6 Å². The van der Waals surface area contributed by atoms with Gasteiger partial charge in [-0.15, -0.1) is 0 Å². The number of aromatic nitrogens is 2. The van der Waals surface area contributed by atoms with E-state index in [1.165, 1.54) is 12.1 Å². The van der Waals surface area contributed by atoms with Gasteiger partial charge in [0.25, 0.3) is 0 Å². The van der Waals surface area contributed by atoms with E-state index in [4.69, 9.17) is 10.6 Å². The Morgan fingerprint density at radius 1 is 1.26 bits per heavy atom. The summed E-state index contributed by atoms with van der Waals surface area (Å²) in [7, 11) is 0. The predicted molar refractivity (Wildman–Crippen MR) is 68.3 cm³/mol. The number of anilines is 1. The van der Waals surface area contributed by atoms with E-state index < -0.39 is 0 Å². The molecular formula is C13H13FN4O. The first-order chi connectivity index (χ1) is 9.24. The number of nitrogens with zero attached hydrogens (tertiary/aromatic N) is 2. The van der Waals surface area contributed by atoms with Crippen molar-refractivity contribution in [2.45, 2.75) is 18.8 Å². The van der Waals surface area contributed by atoms with E-state index >= 15 is 0 Å². The van der Waals surface area contributed by atoms with E-state index in [1.54, 1.807) is 18.2 Å². The van der Waals surface area contributed by atoms with Gasteiger partial charge in [0.1, 0.15) is 23.2 Å². The Hall–Kier alpha value is -2.21. The molecule has 2 aromatic rings. The van der Waals surface area contributed by atoms with E-state index in [0.29, 0.717) is 29.2 Å². The molecule has 1 aromatic carbocycles. The largest absolute Gasteiger partial charge is 0.439 e. The fourth-order valence-electron chi connectivity index (χ4n) is 1.74. The van der Waals surface area contributed by atoms with Crippen LogP contribution in [0.15, 0.2) is 30.3 Å². The molecule has 6 heteroatoms. The number of hydrogen-bond acceptors (Lipinski definition) is 5. The fraction of sp³-hybridized carbons (Fsp3) is 0.231. The summed E-state index contributed by atoms with van der Waals surface area (Å²) in [5.74, 6) is 7.34. The summed E-state index contributed by atoms with van der Waals surface area (Å²) in [5, 5.41) is 0. The molecule has 1 fully saturated rings. The number of nitrogen functional groups attached to an aromatic ring is 1. The first-order valence-electron chi connectivity index (χ1n) is 6.03. The van der Waals surface area contributed by atoms with Crippen LogP contribution in [0.4, 0.5) is 10.2 Å². The molecule has 3 N–H and O–H groups in total. The molecule has 1 saturated carbocycles. The molecule has 1 heterocycles. The highest BCUT2D eigenvalue weighted by atomic mass is 19.1. The van der Waals surface area contributed by atoms with Gasteiger partial charge >= 0.3 is 0 Å². The van der Waals surface area contributed by atoms with Crippen LogP contribution in [-0.2, 0) is 0 Å². The smallest absolute Gasteiger partial charge is 0.224 e. The lowest BCUT2D eigenvalue weighted by Gasteiger charge is -2.08. The van der Waals surface area contributed by atoms with Crippen molar-refractivity contribution in [2.24, 2.45) is 5.84 Å². The molecule has 0 bridgehead atoms. The van der Waals surface area contributed by atoms with E-state index in [9.17, 15) is 4.39 Å². The maximum atomic E-state index is 13.1. The zero-order valence-electron chi connectivity index (χ0n) is 10.1. The minimum atomic E-state index is -0.355. The topological polar surface area (TPSA) is 73.1 Å². The second kappa shape index (κ2) is 4.81. The standard InChI is InChI=1S/C13H13FN4O/c14-9-2-1-3-10(6-9)19-12-7-11(18-15)16-13(17-12)8-4-5-8/h1-3,6-8H,4-5,15H2,(H,16,17,18). The maximum absolute atomic E-state index is 13.1. The van der Waals surface area contributed by atoms with Crippen molar-refractivity contribution in [1.29, 1.82) is 0 Å². The highest BCUT2D eigenvalue weighted by Gasteiger charge is 2.27. The number of hydrazine groups is 1. The van der Waals surface area contributed by atoms with Gasteiger partial charge in [-0.05, 0) is 25.0 Å². The highest BCUT2D eigenvalue weighted by Crippen LogP contribution is 2.39. The number of ether oxygens (including phenoxy) is 1. The van der Waals surface area contributed by atoms with E-state index in [0.717, 1.165) is 12.8 Å². The molecule has 19 heavy (non-hydrogen) atoms. The number of halogens is 1. The minimum Gasteiger partial charge on any atom is -0.439 e. The Bertz CT molecular complexity index is 601. The summed E-state index contributed by atoms with van der Waals surface area (Å²) < 4.78 is 18.6. The van der Waals surface area contributed by atoms with Crippen LogP contribution in [0.2, 0.25) is 0 Å². The van der Waals surface area contributed by atoms with Crippen LogP contribution < -0.4 is 16.0 Å². The zero-order chi connectivity index (χ0) is 13.2. The monoisotopic (exact) mass is 260 g/mol. The van der Waals surface area contributed by atoms with Crippen LogP contribution in [-0.4, -0.2) is 9.97 Å². The van der Waals surface area contributed by atoms with Gasteiger partial charge in [-0.1, -0.05) is 6.07 Å². The average molecular weight is 260 g/mol. The predicted octanol–water partition coefficient (Wildman–Crippen LogP) is 2.57. The van der Waals surface area contributed by atoms with E-state index in [1.807, 2.05) is 0 Å². The third-order valence-corrected chi connectivity index (χ3v) is 2.83. The SMILES string of the molecule is NNc1cc(Oc2cccc(F)c2)nc(C2CC2)n1. The second-order valence-corrected chi connectivity index (χ2v) is 4.43. The molecule has 0 saturated heterocycles. The number of hydrogen-bond donors (Lipinski definition) is 2. The average Bonchev–Trinajstić information content (AvgIpc) is 3.22. The van der Waals surface area contributed by atoms with Crippen LogP contribution in [0, 0.1) is 5.82 Å². The molecule has 98 valence electrons. The Labute approximate surface area is 109 Å². The minimum absolute atomic E-state index is 0.355. The first kappa shape index (κ1) is 11.9. The summed E-state index contributed by atoms with van der Waals surface area (Å²) in [6.07, 6.45) is 2.15. The van der Waals surface area contributed by atoms with Gasteiger partial charge in [-0.2, -0.15) is 4.98 Å². The van der Waals surface area contributed by atoms with Crippen molar-refractivity contribution in [3.63, 3.8) is 0 Å². The Morgan fingerprint density at radius 3 is 2.79 bits per heavy atom. The summed E-state index contributed by atoms with van der Waals surface area (Å²) in [5.41, 5.74) is 2.48. The summed E-state index contributed by atoms with van der Waals surface area (Å²) in [6, 6.07) is 7.48. The van der Waals surface area contributed by atoms with Gasteiger partial charge in [0.2, 0.25) is 5.88 Å². The van der Waals surface area contributed by atoms with Gasteiger partial charge in [0.15, 0.2) is 0 Å². The number of benzene rings is 1. The molecule has 0 radical (unpaired) electrons. The number of rotatable bonds is 4. The molecule has 0 amide bonds. The first-order valence-corrected chi connectivity index (χ1v) is 6.03. The van der Waals surface area contributed by atoms with Crippen LogP contribution in [0.25, 0.3) is 0 Å². The third-order valence-electron chi connectivity index (χ3n) is 2.83. The van der Waals surface area contributed by atoms with Crippen molar-refractivity contribution in [1.82, 2.24) is 9.97 Å². The highest BCUT2D eigenvalue weighted by molar-refractivity contribution is 5.39. The summed E-state index contributed by atoms with van der Waals surface area (Å²) >= 11 is 0.